The minimum atomic E-state index is -2.96. The quantitative estimate of drug-likeness (QED) is 0.533. The maximum absolute atomic E-state index is 13.8. The van der Waals surface area contributed by atoms with Crippen LogP contribution in [0, 0.1) is 11.2 Å². The minimum absolute atomic E-state index is 0.144. The van der Waals surface area contributed by atoms with Crippen molar-refractivity contribution in [2.45, 2.75) is 13.0 Å². The maximum Gasteiger partial charge on any atom is 0.253 e. The number of likely N-dealkylation sites (tertiary alicyclic amines) is 1. The number of rotatable bonds is 5. The molecule has 3 aliphatic heterocycles. The molecule has 3 fully saturated rings. The molecule has 0 saturated carbocycles. The van der Waals surface area contributed by atoms with Crippen molar-refractivity contribution in [2.75, 3.05) is 61.1 Å². The van der Waals surface area contributed by atoms with Crippen LogP contribution in [0.3, 0.4) is 0 Å². The molecule has 2 aromatic heterocycles. The SMILES string of the molecule is CC(Nc1cncc(F)c1)c1cc(C(=O)N2CC3(C2)CS(=O)(=O)C3)cc2ncc(N3CCOCC3)nc12. The van der Waals surface area contributed by atoms with Crippen molar-refractivity contribution >= 4 is 38.3 Å². The number of hydrogen-bond acceptors (Lipinski definition) is 9. The minimum Gasteiger partial charge on any atom is -0.378 e. The Labute approximate surface area is 213 Å². The summed E-state index contributed by atoms with van der Waals surface area (Å²) in [5.74, 6) is 0.393. The lowest BCUT2D eigenvalue weighted by molar-refractivity contribution is 0.0202. The molecule has 10 nitrogen and oxygen atoms in total. The number of ether oxygens (including phenoxy) is 1. The Hall–Kier alpha value is -3.38. The van der Waals surface area contributed by atoms with E-state index in [1.54, 1.807) is 23.2 Å². The van der Waals surface area contributed by atoms with Gasteiger partial charge >= 0.3 is 0 Å². The van der Waals surface area contributed by atoms with Gasteiger partial charge in [-0.15, -0.1) is 0 Å². The average Bonchev–Trinajstić information content (AvgIpc) is 2.84. The summed E-state index contributed by atoms with van der Waals surface area (Å²) in [6.07, 6.45) is 4.38. The predicted octanol–water partition coefficient (Wildman–Crippen LogP) is 2.04. The Bertz CT molecular complexity index is 1470. The lowest BCUT2D eigenvalue weighted by atomic mass is 9.82. The van der Waals surface area contributed by atoms with E-state index in [1.165, 1.54) is 12.3 Å². The Morgan fingerprint density at radius 3 is 2.59 bits per heavy atom. The highest BCUT2D eigenvalue weighted by atomic mass is 32.2. The zero-order valence-corrected chi connectivity index (χ0v) is 21.2. The maximum atomic E-state index is 13.8. The molecule has 3 aliphatic rings. The number of sulfone groups is 1. The molecule has 194 valence electrons. The third-order valence-electron chi connectivity index (χ3n) is 7.19. The van der Waals surface area contributed by atoms with Crippen LogP contribution in [0.5, 0.6) is 0 Å². The molecular formula is C25H27FN6O4S. The summed E-state index contributed by atoms with van der Waals surface area (Å²) < 4.78 is 42.5. The molecule has 5 heterocycles. The van der Waals surface area contributed by atoms with E-state index < -0.39 is 15.7 Å². The Morgan fingerprint density at radius 1 is 1.14 bits per heavy atom. The summed E-state index contributed by atoms with van der Waals surface area (Å²) in [6, 6.07) is 4.55. The summed E-state index contributed by atoms with van der Waals surface area (Å²) in [6.45, 7) is 5.43. The number of nitrogens with zero attached hydrogens (tertiary/aromatic N) is 5. The summed E-state index contributed by atoms with van der Waals surface area (Å²) in [5.41, 5.74) is 2.64. The van der Waals surface area contributed by atoms with Crippen LogP contribution in [0.25, 0.3) is 11.0 Å². The number of hydrogen-bond donors (Lipinski definition) is 1. The topological polar surface area (TPSA) is 118 Å². The fraction of sp³-hybridized carbons (Fsp3) is 0.440. The number of amides is 1. The second-order valence-electron chi connectivity index (χ2n) is 10.2. The van der Waals surface area contributed by atoms with Gasteiger partial charge in [0.1, 0.15) is 11.6 Å². The van der Waals surface area contributed by atoms with E-state index in [0.717, 1.165) is 17.6 Å². The van der Waals surface area contributed by atoms with Crippen molar-refractivity contribution in [3.63, 3.8) is 0 Å². The first kappa shape index (κ1) is 24.0. The van der Waals surface area contributed by atoms with Crippen molar-refractivity contribution in [3.05, 3.63) is 53.7 Å². The summed E-state index contributed by atoms with van der Waals surface area (Å²) in [7, 11) is -2.96. The van der Waals surface area contributed by atoms with Gasteiger partial charge in [-0.25, -0.2) is 17.8 Å². The molecule has 1 N–H and O–H groups in total. The van der Waals surface area contributed by atoms with Gasteiger partial charge in [0.05, 0.1) is 66.1 Å². The van der Waals surface area contributed by atoms with Crippen molar-refractivity contribution in [1.82, 2.24) is 19.9 Å². The zero-order chi connectivity index (χ0) is 25.8. The van der Waals surface area contributed by atoms with Crippen LogP contribution in [0.2, 0.25) is 0 Å². The average molecular weight is 527 g/mol. The number of benzene rings is 1. The molecule has 3 saturated heterocycles. The monoisotopic (exact) mass is 526 g/mol. The van der Waals surface area contributed by atoms with Gasteiger partial charge in [-0.1, -0.05) is 0 Å². The molecule has 1 spiro atoms. The molecule has 37 heavy (non-hydrogen) atoms. The van der Waals surface area contributed by atoms with Crippen LogP contribution >= 0.6 is 0 Å². The number of anilines is 2. The molecule has 0 bridgehead atoms. The molecule has 1 amide bonds. The van der Waals surface area contributed by atoms with E-state index in [4.69, 9.17) is 9.72 Å². The number of carbonyl (C=O) groups excluding carboxylic acids is 1. The summed E-state index contributed by atoms with van der Waals surface area (Å²) in [5, 5.41) is 3.26. The van der Waals surface area contributed by atoms with E-state index in [2.05, 4.69) is 20.2 Å². The first-order chi connectivity index (χ1) is 17.7. The van der Waals surface area contributed by atoms with Crippen LogP contribution in [-0.2, 0) is 14.6 Å². The highest BCUT2D eigenvalue weighted by Gasteiger charge is 2.57. The number of pyridine rings is 1. The van der Waals surface area contributed by atoms with Gasteiger partial charge < -0.3 is 19.9 Å². The Morgan fingerprint density at radius 2 is 1.89 bits per heavy atom. The largest absolute Gasteiger partial charge is 0.378 e. The van der Waals surface area contributed by atoms with Crippen molar-refractivity contribution in [2.24, 2.45) is 5.41 Å². The molecule has 0 aliphatic carbocycles. The molecule has 1 unspecified atom stereocenters. The summed E-state index contributed by atoms with van der Waals surface area (Å²) >= 11 is 0. The van der Waals surface area contributed by atoms with Gasteiger partial charge in [0.15, 0.2) is 9.84 Å². The smallest absolute Gasteiger partial charge is 0.253 e. The van der Waals surface area contributed by atoms with Crippen LogP contribution in [-0.4, -0.2) is 85.1 Å². The lowest BCUT2D eigenvalue weighted by Crippen LogP contribution is -2.69. The lowest BCUT2D eigenvalue weighted by Gasteiger charge is -2.54. The number of carbonyl (C=O) groups is 1. The van der Waals surface area contributed by atoms with Crippen LogP contribution in [0.15, 0.2) is 36.8 Å². The Kier molecular flexibility index (Phi) is 5.75. The van der Waals surface area contributed by atoms with Crippen molar-refractivity contribution in [3.8, 4) is 0 Å². The first-order valence-electron chi connectivity index (χ1n) is 12.2. The van der Waals surface area contributed by atoms with Gasteiger partial charge in [-0.3, -0.25) is 14.8 Å². The molecule has 1 aromatic carbocycles. The molecule has 6 rings (SSSR count). The van der Waals surface area contributed by atoms with Gasteiger partial charge in [-0.05, 0) is 19.1 Å². The van der Waals surface area contributed by atoms with E-state index in [1.807, 2.05) is 6.92 Å². The van der Waals surface area contributed by atoms with Gasteiger partial charge in [0.2, 0.25) is 0 Å². The number of fused-ring (bicyclic) bond motifs is 1. The number of nitrogens with one attached hydrogen (secondary N) is 1. The van der Waals surface area contributed by atoms with E-state index in [9.17, 15) is 17.6 Å². The second kappa shape index (κ2) is 8.88. The van der Waals surface area contributed by atoms with Crippen LogP contribution < -0.4 is 10.2 Å². The second-order valence-corrected chi connectivity index (χ2v) is 12.3. The van der Waals surface area contributed by atoms with Gasteiger partial charge in [0, 0.05) is 48.8 Å². The predicted molar refractivity (Wildman–Crippen MR) is 136 cm³/mol. The Balaban J connectivity index is 1.34. The summed E-state index contributed by atoms with van der Waals surface area (Å²) in [4.78, 5) is 30.6. The molecule has 0 radical (unpaired) electrons. The number of aromatic nitrogens is 3. The third kappa shape index (κ3) is 4.59. The highest BCUT2D eigenvalue weighted by molar-refractivity contribution is 7.92. The molecule has 12 heteroatoms. The molecular weight excluding hydrogens is 499 g/mol. The number of halogens is 1. The molecule has 3 aromatic rings. The highest BCUT2D eigenvalue weighted by Crippen LogP contribution is 2.42. The van der Waals surface area contributed by atoms with Crippen molar-refractivity contribution < 1.29 is 22.3 Å². The van der Waals surface area contributed by atoms with E-state index in [-0.39, 0.29) is 28.9 Å². The molecule has 1 atom stereocenters. The zero-order valence-electron chi connectivity index (χ0n) is 20.4. The fourth-order valence-electron chi connectivity index (χ4n) is 5.51. The third-order valence-corrected chi connectivity index (χ3v) is 9.30. The van der Waals surface area contributed by atoms with Gasteiger partial charge in [-0.2, -0.15) is 0 Å². The normalized spacial score (nSPS) is 20.8. The van der Waals surface area contributed by atoms with Crippen LogP contribution in [0.1, 0.15) is 28.9 Å². The van der Waals surface area contributed by atoms with Crippen LogP contribution in [0.4, 0.5) is 15.9 Å². The van der Waals surface area contributed by atoms with Crippen molar-refractivity contribution in [1.29, 1.82) is 0 Å². The fourth-order valence-corrected chi connectivity index (χ4v) is 7.66. The standard InChI is InChI=1S/C25H27FN6O4S/c1-16(29-19-8-18(26)9-27-10-19)20-6-17(24(33)32-12-25(13-32)14-37(34,35)15-25)7-21-23(20)30-22(11-28-21)31-2-4-36-5-3-31/h6-11,16,29H,2-5,12-15H2,1H3. The van der Waals surface area contributed by atoms with Gasteiger partial charge in [0.25, 0.3) is 5.91 Å². The first-order valence-corrected chi connectivity index (χ1v) is 14.0. The number of morpholine rings is 1. The van der Waals surface area contributed by atoms with E-state index in [0.29, 0.717) is 61.7 Å². The van der Waals surface area contributed by atoms with E-state index >= 15 is 0 Å².